The lowest BCUT2D eigenvalue weighted by molar-refractivity contribution is -0.137. The van der Waals surface area contributed by atoms with Crippen molar-refractivity contribution >= 4 is 22.5 Å². The molecule has 0 spiro atoms. The number of carbonyl (C=O) groups excluding carboxylic acids is 1. The number of aromatic nitrogens is 1. The minimum atomic E-state index is -4.54. The molecule has 1 heterocycles. The van der Waals surface area contributed by atoms with Gasteiger partial charge in [-0.2, -0.15) is 13.2 Å². The van der Waals surface area contributed by atoms with Crippen LogP contribution in [0, 0.1) is 0 Å². The van der Waals surface area contributed by atoms with E-state index in [4.69, 9.17) is 9.47 Å². The molecule has 1 aromatic heterocycles. The Morgan fingerprint density at radius 2 is 1.82 bits per heavy atom. The molecule has 0 aliphatic carbocycles. The first kappa shape index (κ1) is 19.3. The van der Waals surface area contributed by atoms with Crippen molar-refractivity contribution in [3.05, 3.63) is 63.9 Å². The standard InChI is InChI=1S/C19H15F3N2O4/c1-27-11-4-6-16(28-2)15(8-11)24-18(26)13-9-23-14-7-10(19(20,21)22)3-5-12(14)17(13)25/h3-9H,1-2H3,(H,23,25)(H,24,26). The SMILES string of the molecule is COc1ccc(OC)c(NC(=O)c2c[nH]c3cc(C(F)(F)F)ccc3c2=O)c1. The molecule has 146 valence electrons. The van der Waals surface area contributed by atoms with Gasteiger partial charge < -0.3 is 19.8 Å². The number of ether oxygens (including phenoxy) is 2. The van der Waals surface area contributed by atoms with Gasteiger partial charge in [0.05, 0.1) is 25.5 Å². The van der Waals surface area contributed by atoms with Crippen LogP contribution in [0.4, 0.5) is 18.9 Å². The smallest absolute Gasteiger partial charge is 0.416 e. The Hall–Kier alpha value is -3.49. The highest BCUT2D eigenvalue weighted by Crippen LogP contribution is 2.31. The molecule has 28 heavy (non-hydrogen) atoms. The molecule has 0 atom stereocenters. The molecule has 0 unspecified atom stereocenters. The van der Waals surface area contributed by atoms with Gasteiger partial charge in [0.15, 0.2) is 0 Å². The fourth-order valence-corrected chi connectivity index (χ4v) is 2.67. The van der Waals surface area contributed by atoms with E-state index in [1.807, 2.05) is 0 Å². The number of carbonyl (C=O) groups is 1. The van der Waals surface area contributed by atoms with Gasteiger partial charge in [-0.1, -0.05) is 0 Å². The highest BCUT2D eigenvalue weighted by molar-refractivity contribution is 6.06. The zero-order chi connectivity index (χ0) is 20.5. The maximum atomic E-state index is 12.8. The number of hydrogen-bond acceptors (Lipinski definition) is 4. The van der Waals surface area contributed by atoms with Gasteiger partial charge in [-0.25, -0.2) is 0 Å². The quantitative estimate of drug-likeness (QED) is 0.708. The molecule has 3 aromatic rings. The van der Waals surface area contributed by atoms with E-state index in [1.165, 1.54) is 20.3 Å². The van der Waals surface area contributed by atoms with Gasteiger partial charge in [0.1, 0.15) is 17.1 Å². The van der Waals surface area contributed by atoms with E-state index in [0.29, 0.717) is 11.5 Å². The second-order valence-electron chi connectivity index (χ2n) is 5.81. The van der Waals surface area contributed by atoms with Gasteiger partial charge >= 0.3 is 6.18 Å². The van der Waals surface area contributed by atoms with Crippen molar-refractivity contribution in [3.8, 4) is 11.5 Å². The van der Waals surface area contributed by atoms with Crippen LogP contribution in [0.15, 0.2) is 47.4 Å². The summed E-state index contributed by atoms with van der Waals surface area (Å²) >= 11 is 0. The number of H-pyrrole nitrogens is 1. The van der Waals surface area contributed by atoms with Crippen molar-refractivity contribution in [3.63, 3.8) is 0 Å². The molecule has 9 heteroatoms. The second kappa shape index (κ2) is 7.26. The van der Waals surface area contributed by atoms with Crippen LogP contribution in [0.5, 0.6) is 11.5 Å². The molecule has 0 aliphatic rings. The third-order valence-corrected chi connectivity index (χ3v) is 4.11. The van der Waals surface area contributed by atoms with Gasteiger partial charge in [-0.3, -0.25) is 9.59 Å². The van der Waals surface area contributed by atoms with Crippen LogP contribution in [0.3, 0.4) is 0 Å². The minimum Gasteiger partial charge on any atom is -0.497 e. The van der Waals surface area contributed by atoms with Crippen LogP contribution >= 0.6 is 0 Å². The first-order valence-corrected chi connectivity index (χ1v) is 8.00. The largest absolute Gasteiger partial charge is 0.497 e. The Morgan fingerprint density at radius 3 is 2.46 bits per heavy atom. The van der Waals surface area contributed by atoms with Gasteiger partial charge in [0, 0.05) is 23.2 Å². The van der Waals surface area contributed by atoms with Crippen LogP contribution < -0.4 is 20.2 Å². The molecule has 0 aliphatic heterocycles. The Labute approximate surface area is 156 Å². The summed E-state index contributed by atoms with van der Waals surface area (Å²) in [5, 5.41) is 2.52. The van der Waals surface area contributed by atoms with E-state index in [0.717, 1.165) is 24.4 Å². The highest BCUT2D eigenvalue weighted by Gasteiger charge is 2.30. The zero-order valence-electron chi connectivity index (χ0n) is 14.8. The average molecular weight is 392 g/mol. The third kappa shape index (κ3) is 3.64. The summed E-state index contributed by atoms with van der Waals surface area (Å²) in [6.07, 6.45) is -3.46. The Kier molecular flexibility index (Phi) is 5.00. The number of methoxy groups -OCH3 is 2. The Balaban J connectivity index is 1.99. The lowest BCUT2D eigenvalue weighted by Gasteiger charge is -2.12. The molecule has 3 rings (SSSR count). The van der Waals surface area contributed by atoms with Crippen molar-refractivity contribution in [2.45, 2.75) is 6.18 Å². The summed E-state index contributed by atoms with van der Waals surface area (Å²) in [5.74, 6) is 0.0685. The molecule has 0 saturated heterocycles. The number of pyridine rings is 1. The lowest BCUT2D eigenvalue weighted by atomic mass is 10.1. The average Bonchev–Trinajstić information content (AvgIpc) is 2.67. The van der Waals surface area contributed by atoms with E-state index >= 15 is 0 Å². The molecule has 0 bridgehead atoms. The number of nitrogens with one attached hydrogen (secondary N) is 2. The maximum Gasteiger partial charge on any atom is 0.416 e. The van der Waals surface area contributed by atoms with Crippen molar-refractivity contribution in [1.29, 1.82) is 0 Å². The van der Waals surface area contributed by atoms with Crippen LogP contribution in [-0.2, 0) is 6.18 Å². The molecule has 1 amide bonds. The molecule has 6 nitrogen and oxygen atoms in total. The fourth-order valence-electron chi connectivity index (χ4n) is 2.67. The number of anilines is 1. The van der Waals surface area contributed by atoms with Gasteiger partial charge in [-0.15, -0.1) is 0 Å². The van der Waals surface area contributed by atoms with Gasteiger partial charge in [0.25, 0.3) is 5.91 Å². The number of rotatable bonds is 4. The third-order valence-electron chi connectivity index (χ3n) is 4.11. The number of benzene rings is 2. The van der Waals surface area contributed by atoms with Gasteiger partial charge in [-0.05, 0) is 30.3 Å². The fraction of sp³-hybridized carbons (Fsp3) is 0.158. The molecular weight excluding hydrogens is 377 g/mol. The second-order valence-corrected chi connectivity index (χ2v) is 5.81. The van der Waals surface area contributed by atoms with Crippen LogP contribution in [0.2, 0.25) is 0 Å². The molecule has 0 radical (unpaired) electrons. The summed E-state index contributed by atoms with van der Waals surface area (Å²) in [5.41, 5.74) is -1.58. The lowest BCUT2D eigenvalue weighted by Crippen LogP contribution is -2.22. The molecule has 0 fully saturated rings. The van der Waals surface area contributed by atoms with E-state index in [2.05, 4.69) is 10.3 Å². The van der Waals surface area contributed by atoms with Crippen molar-refractivity contribution in [1.82, 2.24) is 4.98 Å². The zero-order valence-corrected chi connectivity index (χ0v) is 14.8. The van der Waals surface area contributed by atoms with Crippen molar-refractivity contribution in [2.75, 3.05) is 19.5 Å². The van der Waals surface area contributed by atoms with Crippen LogP contribution in [-0.4, -0.2) is 25.1 Å². The number of hydrogen-bond donors (Lipinski definition) is 2. The number of halogens is 3. The Bertz CT molecular complexity index is 1110. The van der Waals surface area contributed by atoms with Crippen molar-refractivity contribution in [2.24, 2.45) is 0 Å². The molecule has 2 aromatic carbocycles. The predicted molar refractivity (Wildman–Crippen MR) is 97.1 cm³/mol. The number of amides is 1. The van der Waals surface area contributed by atoms with E-state index < -0.39 is 23.1 Å². The molecule has 0 saturated carbocycles. The highest BCUT2D eigenvalue weighted by atomic mass is 19.4. The van der Waals surface area contributed by atoms with Gasteiger partial charge in [0.2, 0.25) is 5.43 Å². The predicted octanol–water partition coefficient (Wildman–Crippen LogP) is 3.82. The number of alkyl halides is 3. The monoisotopic (exact) mass is 392 g/mol. The number of fused-ring (bicyclic) bond motifs is 1. The normalized spacial score (nSPS) is 11.3. The summed E-state index contributed by atoms with van der Waals surface area (Å²) in [6.45, 7) is 0. The Morgan fingerprint density at radius 1 is 1.07 bits per heavy atom. The number of aromatic amines is 1. The topological polar surface area (TPSA) is 80.4 Å². The van der Waals surface area contributed by atoms with Crippen molar-refractivity contribution < 1.29 is 27.4 Å². The summed E-state index contributed by atoms with van der Waals surface area (Å²) in [7, 11) is 2.87. The summed E-state index contributed by atoms with van der Waals surface area (Å²) in [4.78, 5) is 27.7. The first-order valence-electron chi connectivity index (χ1n) is 8.00. The summed E-state index contributed by atoms with van der Waals surface area (Å²) in [6, 6.07) is 7.39. The van der Waals surface area contributed by atoms with E-state index in [-0.39, 0.29) is 22.2 Å². The minimum absolute atomic E-state index is 0.0182. The van der Waals surface area contributed by atoms with E-state index in [1.54, 1.807) is 12.1 Å². The molecule has 2 N–H and O–H groups in total. The first-order chi connectivity index (χ1) is 13.2. The van der Waals surface area contributed by atoms with Crippen LogP contribution in [0.25, 0.3) is 10.9 Å². The van der Waals surface area contributed by atoms with E-state index in [9.17, 15) is 22.8 Å². The van der Waals surface area contributed by atoms with Crippen LogP contribution in [0.1, 0.15) is 15.9 Å². The maximum absolute atomic E-state index is 12.8. The summed E-state index contributed by atoms with van der Waals surface area (Å²) < 4.78 is 48.7. The molecular formula is C19H15F3N2O4.